The molecule has 0 aliphatic rings. The molecule has 0 heterocycles. The lowest BCUT2D eigenvalue weighted by molar-refractivity contribution is -0.128. The Morgan fingerprint density at radius 3 is 2.41 bits per heavy atom. The number of methoxy groups -OCH3 is 1. The van der Waals surface area contributed by atoms with Crippen molar-refractivity contribution in [1.82, 2.24) is 4.90 Å². The van der Waals surface area contributed by atoms with E-state index in [1.54, 1.807) is 12.0 Å². The van der Waals surface area contributed by atoms with Gasteiger partial charge in [-0.1, -0.05) is 54.6 Å². The van der Waals surface area contributed by atoms with Crippen molar-refractivity contribution in [2.45, 2.75) is 13.5 Å². The minimum absolute atomic E-state index is 0.0459. The van der Waals surface area contributed by atoms with Gasteiger partial charge in [-0.05, 0) is 70.3 Å². The predicted molar refractivity (Wildman–Crippen MR) is 132 cm³/mol. The number of likely N-dealkylation sites (N-methyl/N-ethyl adjacent to an activating group) is 1. The number of carbonyl (C=O) groups excluding carboxylic acids is 1. The van der Waals surface area contributed by atoms with E-state index in [2.05, 4.69) is 54.7 Å². The fourth-order valence-corrected chi connectivity index (χ4v) is 3.89. The van der Waals surface area contributed by atoms with Crippen molar-refractivity contribution in [2.75, 3.05) is 26.0 Å². The molecule has 1 N–H and O–H groups in total. The van der Waals surface area contributed by atoms with Gasteiger partial charge in [-0.2, -0.15) is 0 Å². The van der Waals surface area contributed by atoms with Gasteiger partial charge in [0.2, 0.25) is 5.91 Å². The summed E-state index contributed by atoms with van der Waals surface area (Å²) in [4.78, 5) is 14.4. The van der Waals surface area contributed by atoms with E-state index in [1.807, 2.05) is 49.5 Å². The number of carbonyl (C=O) groups is 1. The van der Waals surface area contributed by atoms with E-state index in [4.69, 9.17) is 4.74 Å². The molecule has 0 aliphatic carbocycles. The summed E-state index contributed by atoms with van der Waals surface area (Å²) >= 11 is 0. The van der Waals surface area contributed by atoms with Gasteiger partial charge in [0.25, 0.3) is 0 Å². The largest absolute Gasteiger partial charge is 0.497 e. The van der Waals surface area contributed by atoms with Crippen molar-refractivity contribution in [3.8, 4) is 16.9 Å². The summed E-state index contributed by atoms with van der Waals surface area (Å²) in [7, 11) is 3.51. The van der Waals surface area contributed by atoms with Crippen LogP contribution in [0.4, 0.5) is 5.69 Å². The lowest BCUT2D eigenvalue weighted by Crippen LogP contribution is -2.31. The fourth-order valence-electron chi connectivity index (χ4n) is 3.89. The molecule has 0 aromatic heterocycles. The van der Waals surface area contributed by atoms with Gasteiger partial charge in [-0.15, -0.1) is 0 Å². The van der Waals surface area contributed by atoms with Crippen molar-refractivity contribution < 1.29 is 9.53 Å². The number of rotatable bonds is 7. The highest BCUT2D eigenvalue weighted by atomic mass is 16.5. The monoisotopic (exact) mass is 424 g/mol. The van der Waals surface area contributed by atoms with Crippen molar-refractivity contribution in [3.63, 3.8) is 0 Å². The van der Waals surface area contributed by atoms with Crippen LogP contribution in [-0.2, 0) is 11.3 Å². The minimum atomic E-state index is 0.0459. The van der Waals surface area contributed by atoms with Gasteiger partial charge in [0, 0.05) is 19.3 Å². The molecule has 4 rings (SSSR count). The molecule has 4 heteroatoms. The highest BCUT2D eigenvalue weighted by Crippen LogP contribution is 2.26. The number of nitrogens with zero attached hydrogens (tertiary/aromatic N) is 1. The van der Waals surface area contributed by atoms with Crippen LogP contribution in [-0.4, -0.2) is 31.5 Å². The average molecular weight is 425 g/mol. The Balaban J connectivity index is 1.37. The maximum atomic E-state index is 12.7. The molecule has 0 saturated carbocycles. The average Bonchev–Trinajstić information content (AvgIpc) is 2.82. The summed E-state index contributed by atoms with van der Waals surface area (Å²) < 4.78 is 5.29. The van der Waals surface area contributed by atoms with Crippen LogP contribution < -0.4 is 10.1 Å². The molecule has 0 spiro atoms. The minimum Gasteiger partial charge on any atom is -0.497 e. The van der Waals surface area contributed by atoms with Gasteiger partial charge in [-0.25, -0.2) is 0 Å². The number of nitrogens with one attached hydrogen (secondary N) is 1. The van der Waals surface area contributed by atoms with Gasteiger partial charge >= 0.3 is 0 Å². The van der Waals surface area contributed by atoms with Crippen molar-refractivity contribution in [3.05, 3.63) is 96.1 Å². The number of anilines is 1. The predicted octanol–water partition coefficient (Wildman–Crippen LogP) is 5.89. The Labute approximate surface area is 189 Å². The summed E-state index contributed by atoms with van der Waals surface area (Å²) in [6.45, 7) is 2.91. The first-order chi connectivity index (χ1) is 15.5. The maximum Gasteiger partial charge on any atom is 0.241 e. The number of hydrogen-bond donors (Lipinski definition) is 1. The van der Waals surface area contributed by atoms with Crippen LogP contribution in [0.3, 0.4) is 0 Å². The Bertz CT molecular complexity index is 1230. The first-order valence-corrected chi connectivity index (χ1v) is 10.7. The van der Waals surface area contributed by atoms with E-state index >= 15 is 0 Å². The molecule has 1 amide bonds. The van der Waals surface area contributed by atoms with E-state index in [1.165, 1.54) is 16.7 Å². The second kappa shape index (κ2) is 9.56. The molecule has 0 unspecified atom stereocenters. The molecule has 32 heavy (non-hydrogen) atoms. The molecule has 0 saturated heterocycles. The van der Waals surface area contributed by atoms with Crippen LogP contribution in [0, 0.1) is 6.92 Å². The quantitative estimate of drug-likeness (QED) is 0.402. The van der Waals surface area contributed by atoms with Gasteiger partial charge in [0.05, 0.1) is 13.7 Å². The third-order valence-electron chi connectivity index (χ3n) is 5.71. The Morgan fingerprint density at radius 1 is 0.906 bits per heavy atom. The Hall–Kier alpha value is -3.79. The molecular formula is C28H28N2O2. The van der Waals surface area contributed by atoms with Gasteiger partial charge in [0.15, 0.2) is 0 Å². The Kier molecular flexibility index (Phi) is 6.41. The Morgan fingerprint density at radius 2 is 1.66 bits per heavy atom. The summed E-state index contributed by atoms with van der Waals surface area (Å²) in [6, 6.07) is 28.8. The van der Waals surface area contributed by atoms with Gasteiger partial charge in [0.1, 0.15) is 5.75 Å². The second-order valence-electron chi connectivity index (χ2n) is 8.05. The normalized spacial score (nSPS) is 10.7. The second-order valence-corrected chi connectivity index (χ2v) is 8.05. The number of aryl methyl sites for hydroxylation is 1. The summed E-state index contributed by atoms with van der Waals surface area (Å²) in [5, 5.41) is 5.53. The van der Waals surface area contributed by atoms with Gasteiger partial charge < -0.3 is 15.0 Å². The van der Waals surface area contributed by atoms with Crippen LogP contribution in [0.15, 0.2) is 84.9 Å². The standard InChI is InChI=1S/C28H28N2O2/c1-20-15-25(12-14-27(20)22-7-5-4-6-8-22)29-18-28(31)30(2)19-21-9-10-24-17-26(32-3)13-11-23(24)16-21/h4-17,29H,18-19H2,1-3H3. The van der Waals surface area contributed by atoms with Crippen molar-refractivity contribution in [2.24, 2.45) is 0 Å². The van der Waals surface area contributed by atoms with Crippen molar-refractivity contribution in [1.29, 1.82) is 0 Å². The van der Waals surface area contributed by atoms with E-state index < -0.39 is 0 Å². The van der Waals surface area contributed by atoms with E-state index in [-0.39, 0.29) is 12.5 Å². The zero-order valence-electron chi connectivity index (χ0n) is 18.8. The van der Waals surface area contributed by atoms with Crippen molar-refractivity contribution >= 4 is 22.4 Å². The van der Waals surface area contributed by atoms with E-state index in [9.17, 15) is 4.79 Å². The number of amides is 1. The lowest BCUT2D eigenvalue weighted by atomic mass is 10.0. The molecule has 4 nitrogen and oxygen atoms in total. The molecule has 0 aliphatic heterocycles. The zero-order chi connectivity index (χ0) is 22.5. The van der Waals surface area contributed by atoms with Crippen LogP contribution in [0.2, 0.25) is 0 Å². The van der Waals surface area contributed by atoms with Crippen LogP contribution in [0.25, 0.3) is 21.9 Å². The highest BCUT2D eigenvalue weighted by Gasteiger charge is 2.10. The van der Waals surface area contributed by atoms with E-state index in [0.717, 1.165) is 27.8 Å². The summed E-state index contributed by atoms with van der Waals surface area (Å²) in [6.07, 6.45) is 0. The topological polar surface area (TPSA) is 41.6 Å². The zero-order valence-corrected chi connectivity index (χ0v) is 18.8. The number of benzene rings is 4. The molecule has 0 bridgehead atoms. The molecule has 162 valence electrons. The molecule has 0 radical (unpaired) electrons. The fraction of sp³-hybridized carbons (Fsp3) is 0.179. The smallest absolute Gasteiger partial charge is 0.241 e. The molecular weight excluding hydrogens is 396 g/mol. The lowest BCUT2D eigenvalue weighted by Gasteiger charge is -2.19. The first-order valence-electron chi connectivity index (χ1n) is 10.7. The number of ether oxygens (including phenoxy) is 1. The number of fused-ring (bicyclic) bond motifs is 1. The first kappa shape index (κ1) is 21.4. The van der Waals surface area contributed by atoms with E-state index in [0.29, 0.717) is 6.54 Å². The third-order valence-corrected chi connectivity index (χ3v) is 5.71. The third kappa shape index (κ3) is 4.92. The molecule has 0 fully saturated rings. The van der Waals surface area contributed by atoms with Gasteiger partial charge in [-0.3, -0.25) is 4.79 Å². The highest BCUT2D eigenvalue weighted by molar-refractivity contribution is 5.85. The maximum absolute atomic E-state index is 12.7. The van der Waals surface area contributed by atoms with Crippen LogP contribution in [0.5, 0.6) is 5.75 Å². The SMILES string of the molecule is COc1ccc2cc(CN(C)C(=O)CNc3ccc(-c4ccccc4)c(C)c3)ccc2c1. The molecule has 4 aromatic rings. The van der Waals surface area contributed by atoms with Crippen LogP contribution in [0.1, 0.15) is 11.1 Å². The van der Waals surface area contributed by atoms with Crippen LogP contribution >= 0.6 is 0 Å². The summed E-state index contributed by atoms with van der Waals surface area (Å²) in [5.41, 5.74) is 5.62. The number of hydrogen-bond acceptors (Lipinski definition) is 3. The molecule has 4 aromatic carbocycles. The summed E-state index contributed by atoms with van der Waals surface area (Å²) in [5.74, 6) is 0.889. The molecule has 0 atom stereocenters.